The van der Waals surface area contributed by atoms with Gasteiger partial charge in [0.15, 0.2) is 0 Å². The van der Waals surface area contributed by atoms with Gasteiger partial charge in [-0.25, -0.2) is 0 Å². The van der Waals surface area contributed by atoms with Crippen LogP contribution in [0.3, 0.4) is 0 Å². The lowest BCUT2D eigenvalue weighted by Gasteiger charge is -2.31. The predicted octanol–water partition coefficient (Wildman–Crippen LogP) is 3.50. The number of piperidine rings is 1. The molecule has 0 aliphatic carbocycles. The maximum absolute atomic E-state index is 12.9. The SMILES string of the molecule is COc1cc(OC)cc(C(=O)N2CCC(C(=O)Nc3ccccc3C)CC2)c1. The van der Waals surface area contributed by atoms with Gasteiger partial charge in [-0.2, -0.15) is 0 Å². The van der Waals surface area contributed by atoms with Gasteiger partial charge in [-0.15, -0.1) is 0 Å². The van der Waals surface area contributed by atoms with Crippen LogP contribution in [-0.4, -0.2) is 44.0 Å². The molecule has 0 radical (unpaired) electrons. The number of methoxy groups -OCH3 is 2. The highest BCUT2D eigenvalue weighted by Crippen LogP contribution is 2.26. The molecule has 1 aliphatic rings. The first-order chi connectivity index (χ1) is 13.5. The first kappa shape index (κ1) is 19.7. The van der Waals surface area contributed by atoms with Crippen LogP contribution >= 0.6 is 0 Å². The first-order valence-corrected chi connectivity index (χ1v) is 9.40. The fourth-order valence-electron chi connectivity index (χ4n) is 3.41. The number of hydrogen-bond donors (Lipinski definition) is 1. The highest BCUT2D eigenvalue weighted by atomic mass is 16.5. The number of amides is 2. The molecule has 1 heterocycles. The van der Waals surface area contributed by atoms with Crippen LogP contribution in [0.15, 0.2) is 42.5 Å². The lowest BCUT2D eigenvalue weighted by molar-refractivity contribution is -0.121. The standard InChI is InChI=1S/C22H26N2O4/c1-15-6-4-5-7-20(15)23-21(25)16-8-10-24(11-9-16)22(26)17-12-18(27-2)14-19(13-17)28-3/h4-7,12-14,16H,8-11H2,1-3H3,(H,23,25). The molecule has 1 N–H and O–H groups in total. The van der Waals surface area contributed by atoms with E-state index in [1.54, 1.807) is 37.3 Å². The van der Waals surface area contributed by atoms with Crippen molar-refractivity contribution in [3.8, 4) is 11.5 Å². The minimum atomic E-state index is -0.0940. The van der Waals surface area contributed by atoms with Crippen LogP contribution < -0.4 is 14.8 Å². The number of nitrogens with zero attached hydrogens (tertiary/aromatic N) is 1. The molecule has 0 aromatic heterocycles. The number of nitrogens with one attached hydrogen (secondary N) is 1. The Morgan fingerprint density at radius 3 is 2.18 bits per heavy atom. The Hall–Kier alpha value is -3.02. The van der Waals surface area contributed by atoms with E-state index < -0.39 is 0 Å². The average Bonchev–Trinajstić information content (AvgIpc) is 2.74. The van der Waals surface area contributed by atoms with E-state index in [9.17, 15) is 9.59 Å². The molecular formula is C22H26N2O4. The molecule has 6 nitrogen and oxygen atoms in total. The van der Waals surface area contributed by atoms with Gasteiger partial charge in [0.05, 0.1) is 14.2 Å². The number of aryl methyl sites for hydroxylation is 1. The van der Waals surface area contributed by atoms with Gasteiger partial charge in [-0.05, 0) is 43.5 Å². The topological polar surface area (TPSA) is 67.9 Å². The minimum Gasteiger partial charge on any atom is -0.497 e. The van der Waals surface area contributed by atoms with E-state index in [0.29, 0.717) is 43.0 Å². The van der Waals surface area contributed by atoms with Crippen LogP contribution in [0.1, 0.15) is 28.8 Å². The number of carbonyl (C=O) groups is 2. The Morgan fingerprint density at radius 2 is 1.61 bits per heavy atom. The molecule has 2 aromatic rings. The molecule has 6 heteroatoms. The summed E-state index contributed by atoms with van der Waals surface area (Å²) < 4.78 is 10.5. The molecule has 0 saturated carbocycles. The summed E-state index contributed by atoms with van der Waals surface area (Å²) in [6.45, 7) is 3.06. The molecule has 1 aliphatic heterocycles. The van der Waals surface area contributed by atoms with Crippen molar-refractivity contribution >= 4 is 17.5 Å². The molecule has 28 heavy (non-hydrogen) atoms. The number of likely N-dealkylation sites (tertiary alicyclic amines) is 1. The number of hydrogen-bond acceptors (Lipinski definition) is 4. The number of ether oxygens (including phenoxy) is 2. The molecular weight excluding hydrogens is 356 g/mol. The molecule has 0 spiro atoms. The van der Waals surface area contributed by atoms with Gasteiger partial charge in [0.2, 0.25) is 5.91 Å². The number of anilines is 1. The van der Waals surface area contributed by atoms with E-state index in [4.69, 9.17) is 9.47 Å². The Labute approximate surface area is 165 Å². The monoisotopic (exact) mass is 382 g/mol. The summed E-state index contributed by atoms with van der Waals surface area (Å²) in [5.74, 6) is 1.01. The van der Waals surface area contributed by atoms with Crippen LogP contribution in [0.5, 0.6) is 11.5 Å². The van der Waals surface area contributed by atoms with Crippen molar-refractivity contribution in [2.45, 2.75) is 19.8 Å². The van der Waals surface area contributed by atoms with Crippen LogP contribution in [0.2, 0.25) is 0 Å². The molecule has 0 bridgehead atoms. The Kier molecular flexibility index (Phi) is 6.19. The summed E-state index contributed by atoms with van der Waals surface area (Å²) in [4.78, 5) is 27.2. The predicted molar refractivity (Wildman–Crippen MR) is 108 cm³/mol. The lowest BCUT2D eigenvalue weighted by Crippen LogP contribution is -2.41. The molecule has 148 valence electrons. The van der Waals surface area contributed by atoms with Gasteiger partial charge in [0.1, 0.15) is 11.5 Å². The first-order valence-electron chi connectivity index (χ1n) is 9.40. The molecule has 2 aromatic carbocycles. The van der Waals surface area contributed by atoms with Crippen molar-refractivity contribution in [2.75, 3.05) is 32.6 Å². The van der Waals surface area contributed by atoms with Crippen LogP contribution in [0.25, 0.3) is 0 Å². The Bertz CT molecular complexity index is 835. The Morgan fingerprint density at radius 1 is 1.00 bits per heavy atom. The molecule has 0 unspecified atom stereocenters. The van der Waals surface area contributed by atoms with Crippen molar-refractivity contribution in [2.24, 2.45) is 5.92 Å². The van der Waals surface area contributed by atoms with Crippen LogP contribution in [0.4, 0.5) is 5.69 Å². The second-order valence-corrected chi connectivity index (χ2v) is 6.97. The van der Waals surface area contributed by atoms with Crippen molar-refractivity contribution < 1.29 is 19.1 Å². The van der Waals surface area contributed by atoms with E-state index in [1.165, 1.54) is 0 Å². The molecule has 0 atom stereocenters. The Balaban J connectivity index is 1.61. The van der Waals surface area contributed by atoms with Gasteiger partial charge < -0.3 is 19.7 Å². The maximum Gasteiger partial charge on any atom is 0.254 e. The van der Waals surface area contributed by atoms with Crippen LogP contribution in [0, 0.1) is 12.8 Å². The average molecular weight is 382 g/mol. The molecule has 2 amide bonds. The minimum absolute atomic E-state index is 0.0180. The zero-order valence-electron chi connectivity index (χ0n) is 16.5. The number of rotatable bonds is 5. The zero-order chi connectivity index (χ0) is 20.1. The summed E-state index contributed by atoms with van der Waals surface area (Å²) in [5.41, 5.74) is 2.41. The van der Waals surface area contributed by atoms with Gasteiger partial charge in [0.25, 0.3) is 5.91 Å². The second kappa shape index (κ2) is 8.78. The molecule has 1 fully saturated rings. The van der Waals surface area contributed by atoms with E-state index in [-0.39, 0.29) is 17.7 Å². The highest BCUT2D eigenvalue weighted by molar-refractivity contribution is 5.96. The number of para-hydroxylation sites is 1. The fourth-order valence-corrected chi connectivity index (χ4v) is 3.41. The normalized spacial score (nSPS) is 14.5. The van der Waals surface area contributed by atoms with Gasteiger partial charge in [-0.3, -0.25) is 9.59 Å². The van der Waals surface area contributed by atoms with Gasteiger partial charge in [-0.1, -0.05) is 18.2 Å². The largest absolute Gasteiger partial charge is 0.497 e. The third-order valence-electron chi connectivity index (χ3n) is 5.15. The lowest BCUT2D eigenvalue weighted by atomic mass is 9.95. The highest BCUT2D eigenvalue weighted by Gasteiger charge is 2.28. The third-order valence-corrected chi connectivity index (χ3v) is 5.15. The van der Waals surface area contributed by atoms with Crippen molar-refractivity contribution in [3.05, 3.63) is 53.6 Å². The van der Waals surface area contributed by atoms with Crippen molar-refractivity contribution in [1.29, 1.82) is 0 Å². The fraction of sp³-hybridized carbons (Fsp3) is 0.364. The zero-order valence-corrected chi connectivity index (χ0v) is 16.5. The van der Waals surface area contributed by atoms with E-state index in [2.05, 4.69) is 5.32 Å². The van der Waals surface area contributed by atoms with Crippen LogP contribution in [-0.2, 0) is 4.79 Å². The van der Waals surface area contributed by atoms with E-state index >= 15 is 0 Å². The third kappa shape index (κ3) is 4.44. The molecule has 1 saturated heterocycles. The number of carbonyl (C=O) groups excluding carboxylic acids is 2. The smallest absolute Gasteiger partial charge is 0.254 e. The number of benzene rings is 2. The van der Waals surface area contributed by atoms with Crippen molar-refractivity contribution in [1.82, 2.24) is 4.90 Å². The van der Waals surface area contributed by atoms with Crippen molar-refractivity contribution in [3.63, 3.8) is 0 Å². The summed E-state index contributed by atoms with van der Waals surface area (Å²) >= 11 is 0. The maximum atomic E-state index is 12.9. The summed E-state index contributed by atoms with van der Waals surface area (Å²) in [7, 11) is 3.11. The summed E-state index contributed by atoms with van der Waals surface area (Å²) in [5, 5.41) is 3.01. The van der Waals surface area contributed by atoms with Gasteiger partial charge >= 0.3 is 0 Å². The quantitative estimate of drug-likeness (QED) is 0.859. The van der Waals surface area contributed by atoms with E-state index in [1.807, 2.05) is 31.2 Å². The second-order valence-electron chi connectivity index (χ2n) is 6.97. The summed E-state index contributed by atoms with van der Waals surface area (Å²) in [6, 6.07) is 12.9. The summed E-state index contributed by atoms with van der Waals surface area (Å²) in [6.07, 6.45) is 1.29. The molecule has 3 rings (SSSR count). The van der Waals surface area contributed by atoms with Gasteiger partial charge in [0, 0.05) is 36.3 Å². The van der Waals surface area contributed by atoms with E-state index in [0.717, 1.165) is 11.3 Å².